The van der Waals surface area contributed by atoms with Crippen molar-refractivity contribution in [1.82, 2.24) is 25.4 Å². The number of aromatic nitrogens is 3. The number of aryl methyl sites for hydroxylation is 1. The lowest BCUT2D eigenvalue weighted by Gasteiger charge is -2.42. The number of likely N-dealkylation sites (tertiary alicyclic amines) is 1. The maximum absolute atomic E-state index is 14.2. The molecule has 0 radical (unpaired) electrons. The first-order valence-corrected chi connectivity index (χ1v) is 12.9. The van der Waals surface area contributed by atoms with E-state index in [0.29, 0.717) is 30.8 Å². The molecular weight excluding hydrogens is 506 g/mol. The van der Waals surface area contributed by atoms with Gasteiger partial charge in [-0.2, -0.15) is 18.3 Å². The molecule has 2 aliphatic carbocycles. The van der Waals surface area contributed by atoms with Crippen molar-refractivity contribution in [2.24, 2.45) is 5.92 Å². The zero-order valence-corrected chi connectivity index (χ0v) is 21.3. The number of carbonyl (C=O) groups excluding carboxylic acids is 2. The first-order chi connectivity index (χ1) is 18.0. The van der Waals surface area contributed by atoms with Crippen LogP contribution in [0.2, 0.25) is 0 Å². The number of alkyl halides is 3. The summed E-state index contributed by atoms with van der Waals surface area (Å²) in [7, 11) is 1.08. The molecule has 12 heteroatoms. The maximum Gasteiger partial charge on any atom is 0.417 e. The molecule has 0 bridgehead atoms. The molecule has 0 unspecified atom stereocenters. The molecule has 1 atom stereocenters. The molecule has 2 aromatic rings. The van der Waals surface area contributed by atoms with Crippen LogP contribution in [-0.2, 0) is 9.53 Å². The van der Waals surface area contributed by atoms with Gasteiger partial charge in [-0.1, -0.05) is 0 Å². The van der Waals surface area contributed by atoms with Crippen LogP contribution in [0.1, 0.15) is 67.5 Å². The highest BCUT2D eigenvalue weighted by Crippen LogP contribution is 2.51. The highest BCUT2D eigenvalue weighted by molar-refractivity contribution is 5.94. The van der Waals surface area contributed by atoms with Gasteiger partial charge < -0.3 is 15.0 Å². The van der Waals surface area contributed by atoms with Crippen LogP contribution in [0.5, 0.6) is 0 Å². The van der Waals surface area contributed by atoms with Crippen molar-refractivity contribution in [2.45, 2.75) is 81.6 Å². The number of ether oxygens (including phenoxy) is 1. The molecule has 2 N–H and O–H groups in total. The predicted molar refractivity (Wildman–Crippen MR) is 128 cm³/mol. The number of methoxy groups -OCH3 is 1. The van der Waals surface area contributed by atoms with Crippen LogP contribution in [0.3, 0.4) is 0 Å². The Labute approximate surface area is 217 Å². The first-order valence-electron chi connectivity index (χ1n) is 12.9. The summed E-state index contributed by atoms with van der Waals surface area (Å²) in [5.74, 6) is -1.28. The average molecular weight is 538 g/mol. The Balaban J connectivity index is 1.20. The number of piperidine rings is 1. The second-order valence-corrected chi connectivity index (χ2v) is 10.8. The summed E-state index contributed by atoms with van der Waals surface area (Å²) in [6, 6.07) is 2.77. The number of hydrogen-bond donors (Lipinski definition) is 2. The third kappa shape index (κ3) is 4.78. The van der Waals surface area contributed by atoms with Gasteiger partial charge in [0.25, 0.3) is 5.91 Å². The van der Waals surface area contributed by atoms with Gasteiger partial charge in [-0.15, -0.1) is 0 Å². The highest BCUT2D eigenvalue weighted by Gasteiger charge is 2.57. The van der Waals surface area contributed by atoms with Crippen LogP contribution in [-0.4, -0.2) is 68.9 Å². The Hall–Kier alpha value is -3.02. The number of aromatic amines is 1. The monoisotopic (exact) mass is 537 g/mol. The van der Waals surface area contributed by atoms with Gasteiger partial charge in [-0.05, 0) is 70.4 Å². The fourth-order valence-electron chi connectivity index (χ4n) is 5.96. The minimum absolute atomic E-state index is 0.170. The van der Waals surface area contributed by atoms with E-state index in [1.165, 1.54) is 6.07 Å². The molecule has 1 saturated heterocycles. The molecule has 2 saturated carbocycles. The molecular formula is C26H31F4N5O3. The van der Waals surface area contributed by atoms with E-state index in [2.05, 4.69) is 20.5 Å². The fourth-order valence-corrected chi connectivity index (χ4v) is 5.96. The van der Waals surface area contributed by atoms with Crippen LogP contribution >= 0.6 is 0 Å². The quantitative estimate of drug-likeness (QED) is 0.554. The van der Waals surface area contributed by atoms with Gasteiger partial charge in [-0.25, -0.2) is 4.39 Å². The number of nitrogens with one attached hydrogen (secondary N) is 2. The molecule has 5 rings (SSSR count). The van der Waals surface area contributed by atoms with Crippen LogP contribution in [0.15, 0.2) is 18.3 Å². The molecule has 2 amide bonds. The summed E-state index contributed by atoms with van der Waals surface area (Å²) < 4.78 is 59.4. The molecule has 3 heterocycles. The van der Waals surface area contributed by atoms with E-state index in [1.807, 2.05) is 0 Å². The fraction of sp³-hybridized carbons (Fsp3) is 0.615. The normalized spacial score (nSPS) is 26.8. The van der Waals surface area contributed by atoms with E-state index >= 15 is 0 Å². The number of carbonyl (C=O) groups is 2. The Bertz CT molecular complexity index is 1220. The first kappa shape index (κ1) is 26.6. The number of H-pyrrole nitrogens is 1. The van der Waals surface area contributed by atoms with Gasteiger partial charge in [0.1, 0.15) is 0 Å². The van der Waals surface area contributed by atoms with E-state index < -0.39 is 23.1 Å². The minimum Gasteiger partial charge on any atom is -0.369 e. The van der Waals surface area contributed by atoms with Gasteiger partial charge in [0.2, 0.25) is 5.91 Å². The van der Waals surface area contributed by atoms with Crippen molar-refractivity contribution in [2.75, 3.05) is 13.7 Å². The molecule has 8 nitrogen and oxygen atoms in total. The van der Waals surface area contributed by atoms with Gasteiger partial charge in [-0.3, -0.25) is 19.7 Å². The van der Waals surface area contributed by atoms with E-state index in [4.69, 9.17) is 4.74 Å². The number of amides is 2. The van der Waals surface area contributed by atoms with Gasteiger partial charge in [0.05, 0.1) is 11.9 Å². The van der Waals surface area contributed by atoms with Crippen LogP contribution < -0.4 is 5.32 Å². The van der Waals surface area contributed by atoms with Crippen molar-refractivity contribution in [1.29, 1.82) is 0 Å². The Kier molecular flexibility index (Phi) is 6.73. The number of pyridine rings is 1. The average Bonchev–Trinajstić information content (AvgIpc) is 3.46. The second kappa shape index (κ2) is 9.62. The van der Waals surface area contributed by atoms with Gasteiger partial charge in [0, 0.05) is 42.4 Å². The number of nitrogens with zero attached hydrogens (tertiary/aromatic N) is 3. The summed E-state index contributed by atoms with van der Waals surface area (Å²) in [5.41, 5.74) is -1.11. The lowest BCUT2D eigenvalue weighted by Crippen LogP contribution is -2.54. The van der Waals surface area contributed by atoms with Crippen molar-refractivity contribution in [3.8, 4) is 11.3 Å². The summed E-state index contributed by atoms with van der Waals surface area (Å²) in [6.07, 6.45) is -0.835. The van der Waals surface area contributed by atoms with Crippen LogP contribution in [0.4, 0.5) is 17.6 Å². The third-order valence-electron chi connectivity index (χ3n) is 8.47. The van der Waals surface area contributed by atoms with Crippen molar-refractivity contribution >= 4 is 11.8 Å². The minimum atomic E-state index is -4.45. The van der Waals surface area contributed by atoms with Crippen molar-refractivity contribution in [3.63, 3.8) is 0 Å². The zero-order chi connectivity index (χ0) is 27.3. The molecule has 1 aliphatic heterocycles. The van der Waals surface area contributed by atoms with E-state index in [9.17, 15) is 27.2 Å². The molecule has 1 spiro atoms. The standard InChI is InChI=1S/C26H31F4N5O3/c1-15-11-18(19(27)14-31-15)20-12-21(34-33-20)23(37)35-10-5-16(13-24(35)8-9-24)22(36)32-17-3-6-25(38-2,7-4-17)26(28,29)30/h11-12,14,16-17H,3-10,13H2,1-2H3,(H,32,36)(H,33,34)/t16-,17?,25?/m0/s1. The summed E-state index contributed by atoms with van der Waals surface area (Å²) >= 11 is 0. The van der Waals surface area contributed by atoms with Gasteiger partial charge in [0.15, 0.2) is 17.1 Å². The number of rotatable bonds is 5. The van der Waals surface area contributed by atoms with Crippen molar-refractivity contribution < 1.29 is 31.9 Å². The zero-order valence-electron chi connectivity index (χ0n) is 21.3. The summed E-state index contributed by atoms with van der Waals surface area (Å²) in [4.78, 5) is 32.1. The third-order valence-corrected chi connectivity index (χ3v) is 8.47. The van der Waals surface area contributed by atoms with Crippen LogP contribution in [0, 0.1) is 18.7 Å². The predicted octanol–water partition coefficient (Wildman–Crippen LogP) is 4.31. The molecule has 2 aromatic heterocycles. The van der Waals surface area contributed by atoms with E-state index in [-0.39, 0.29) is 60.7 Å². The maximum atomic E-state index is 14.2. The smallest absolute Gasteiger partial charge is 0.369 e. The van der Waals surface area contributed by atoms with Crippen LogP contribution in [0.25, 0.3) is 11.3 Å². The molecule has 3 aliphatic rings. The summed E-state index contributed by atoms with van der Waals surface area (Å²) in [6.45, 7) is 2.11. The lowest BCUT2D eigenvalue weighted by atomic mass is 9.81. The Morgan fingerprint density at radius 3 is 2.50 bits per heavy atom. The summed E-state index contributed by atoms with van der Waals surface area (Å²) in [5, 5.41) is 9.82. The Morgan fingerprint density at radius 2 is 1.87 bits per heavy atom. The Morgan fingerprint density at radius 1 is 1.16 bits per heavy atom. The molecule has 3 fully saturated rings. The molecule has 38 heavy (non-hydrogen) atoms. The highest BCUT2D eigenvalue weighted by atomic mass is 19.4. The number of halogens is 4. The second-order valence-electron chi connectivity index (χ2n) is 10.8. The van der Waals surface area contributed by atoms with Gasteiger partial charge >= 0.3 is 6.18 Å². The number of hydrogen-bond acceptors (Lipinski definition) is 5. The SMILES string of the molecule is COC1(C(F)(F)F)CCC(NC(=O)[C@H]2CCN(C(=O)c3cc(-c4cc(C)ncc4F)[nH]n3)C3(CC3)C2)CC1. The van der Waals surface area contributed by atoms with Crippen molar-refractivity contribution in [3.05, 3.63) is 35.5 Å². The van der Waals surface area contributed by atoms with E-state index in [1.54, 1.807) is 17.9 Å². The topological polar surface area (TPSA) is 100 Å². The molecule has 0 aromatic carbocycles. The lowest BCUT2D eigenvalue weighted by molar-refractivity contribution is -0.280. The largest absolute Gasteiger partial charge is 0.417 e. The molecule has 206 valence electrons. The van der Waals surface area contributed by atoms with E-state index in [0.717, 1.165) is 26.1 Å².